The van der Waals surface area contributed by atoms with E-state index in [2.05, 4.69) is 39.1 Å². The van der Waals surface area contributed by atoms with E-state index >= 15 is 0 Å². The first-order chi connectivity index (χ1) is 15.1. The Labute approximate surface area is 185 Å². The molecule has 3 rings (SSSR count). The van der Waals surface area contributed by atoms with Gasteiger partial charge in [-0.3, -0.25) is 9.48 Å². The fraction of sp³-hybridized carbons (Fsp3) is 0.579. The Morgan fingerprint density at radius 2 is 2.03 bits per heavy atom. The molecule has 3 aromatic heterocycles. The summed E-state index contributed by atoms with van der Waals surface area (Å²) in [7, 11) is 0. The van der Waals surface area contributed by atoms with E-state index in [1.807, 2.05) is 11.5 Å². The van der Waals surface area contributed by atoms with E-state index < -0.39 is 0 Å². The van der Waals surface area contributed by atoms with Crippen LogP contribution in [0.25, 0.3) is 11.2 Å². The molecule has 3 N–H and O–H groups in total. The van der Waals surface area contributed by atoms with Crippen LogP contribution in [-0.4, -0.2) is 72.1 Å². The second-order valence-corrected chi connectivity index (χ2v) is 7.88. The molecule has 31 heavy (non-hydrogen) atoms. The molecule has 0 spiro atoms. The maximum Gasteiger partial charge on any atom is 0.230 e. The summed E-state index contributed by atoms with van der Waals surface area (Å²) in [6.07, 6.45) is 3.95. The molecule has 1 amide bonds. The van der Waals surface area contributed by atoms with Crippen LogP contribution in [0.2, 0.25) is 0 Å². The van der Waals surface area contributed by atoms with Crippen LogP contribution >= 0.6 is 11.8 Å². The maximum absolute atomic E-state index is 12.2. The van der Waals surface area contributed by atoms with Crippen LogP contribution in [0.4, 0.5) is 5.95 Å². The number of nitrogens with zero attached hydrogens (tertiary/aromatic N) is 8. The van der Waals surface area contributed by atoms with Gasteiger partial charge in [0.15, 0.2) is 10.8 Å². The average molecular weight is 447 g/mol. The number of imidazole rings is 1. The number of rotatable bonds is 12. The summed E-state index contributed by atoms with van der Waals surface area (Å²) < 4.78 is 3.80. The van der Waals surface area contributed by atoms with Gasteiger partial charge in [0.05, 0.1) is 18.0 Å². The summed E-state index contributed by atoms with van der Waals surface area (Å²) >= 11 is 1.39. The van der Waals surface area contributed by atoms with Crippen molar-refractivity contribution in [3.63, 3.8) is 0 Å². The highest BCUT2D eigenvalue weighted by atomic mass is 32.2. The summed E-state index contributed by atoms with van der Waals surface area (Å²) in [5.74, 6) is 0.917. The summed E-state index contributed by atoms with van der Waals surface area (Å²) in [6, 6.07) is 0. The Balaban J connectivity index is 1.90. The molecule has 0 aliphatic heterocycles. The van der Waals surface area contributed by atoms with Crippen molar-refractivity contribution in [2.75, 3.05) is 36.8 Å². The summed E-state index contributed by atoms with van der Waals surface area (Å²) in [4.78, 5) is 32.6. The third-order valence-electron chi connectivity index (χ3n) is 4.82. The number of nitrogens with one attached hydrogen (secondary N) is 1. The van der Waals surface area contributed by atoms with E-state index in [0.29, 0.717) is 32.1 Å². The monoisotopic (exact) mass is 446 g/mol. The number of fused-ring (bicyclic) bond motifs is 1. The minimum Gasteiger partial charge on any atom is -0.355 e. The number of anilines is 1. The third-order valence-corrected chi connectivity index (χ3v) is 5.80. The predicted molar refractivity (Wildman–Crippen MR) is 121 cm³/mol. The Morgan fingerprint density at radius 1 is 1.23 bits per heavy atom. The lowest BCUT2D eigenvalue weighted by molar-refractivity contribution is -0.118. The lowest BCUT2D eigenvalue weighted by Crippen LogP contribution is -2.27. The van der Waals surface area contributed by atoms with Crippen LogP contribution in [0.15, 0.2) is 17.8 Å². The van der Waals surface area contributed by atoms with Gasteiger partial charge in [0.2, 0.25) is 11.9 Å². The average Bonchev–Trinajstić information content (AvgIpc) is 3.40. The van der Waals surface area contributed by atoms with Crippen molar-refractivity contribution < 1.29 is 4.79 Å². The van der Waals surface area contributed by atoms with E-state index in [1.165, 1.54) is 18.1 Å². The van der Waals surface area contributed by atoms with E-state index in [1.54, 1.807) is 11.0 Å². The van der Waals surface area contributed by atoms with Crippen LogP contribution in [0.1, 0.15) is 26.0 Å². The molecule has 0 saturated carbocycles. The lowest BCUT2D eigenvalue weighted by atomic mass is 10.4. The molecule has 0 saturated heterocycles. The maximum atomic E-state index is 12.2. The SMILES string of the molecule is CCN(CC)c1nc(C)c2nc(SCC(=O)NCCCN)n(CCn3cncn3)c2n1. The Kier molecular flexibility index (Phi) is 8.18. The first-order valence-electron chi connectivity index (χ1n) is 10.5. The molecule has 0 aliphatic carbocycles. The van der Waals surface area contributed by atoms with E-state index in [4.69, 9.17) is 15.7 Å². The standard InChI is InChI=1S/C19H30N10OS/c1-4-27(5-2)18-24-14(3)16-17(26-18)29(10-9-28-13-21-12-23-28)19(25-16)31-11-15(30)22-8-6-7-20/h12-13H,4-11,20H2,1-3H3,(H,22,30). The van der Waals surface area contributed by atoms with Crippen molar-refractivity contribution in [3.8, 4) is 0 Å². The smallest absolute Gasteiger partial charge is 0.230 e. The molecular formula is C19H30N10OS. The van der Waals surface area contributed by atoms with Crippen molar-refractivity contribution in [3.05, 3.63) is 18.3 Å². The van der Waals surface area contributed by atoms with Gasteiger partial charge < -0.3 is 20.5 Å². The van der Waals surface area contributed by atoms with E-state index in [-0.39, 0.29) is 11.7 Å². The van der Waals surface area contributed by atoms with Crippen molar-refractivity contribution in [2.45, 2.75) is 45.4 Å². The highest BCUT2D eigenvalue weighted by Crippen LogP contribution is 2.26. The fourth-order valence-corrected chi connectivity index (χ4v) is 3.98. The normalized spacial score (nSPS) is 11.2. The molecular weight excluding hydrogens is 416 g/mol. The van der Waals surface area contributed by atoms with Gasteiger partial charge >= 0.3 is 0 Å². The highest BCUT2D eigenvalue weighted by Gasteiger charge is 2.19. The number of nitrogens with two attached hydrogens (primary N) is 1. The largest absolute Gasteiger partial charge is 0.355 e. The second kappa shape index (κ2) is 11.0. The van der Waals surface area contributed by atoms with Crippen LogP contribution in [-0.2, 0) is 17.9 Å². The number of hydrogen-bond donors (Lipinski definition) is 2. The molecule has 0 atom stereocenters. The van der Waals surface area contributed by atoms with Crippen molar-refractivity contribution in [1.82, 2.24) is 39.6 Å². The third kappa shape index (κ3) is 5.70. The summed E-state index contributed by atoms with van der Waals surface area (Å²) in [6.45, 7) is 10.1. The Hall–Kier alpha value is -2.73. The summed E-state index contributed by atoms with van der Waals surface area (Å²) in [5.41, 5.74) is 7.82. The van der Waals surface area contributed by atoms with Gasteiger partial charge in [0.1, 0.15) is 18.2 Å². The number of hydrogen-bond acceptors (Lipinski definition) is 9. The second-order valence-electron chi connectivity index (χ2n) is 6.94. The molecule has 0 aliphatic rings. The zero-order valence-corrected chi connectivity index (χ0v) is 19.1. The number of carbonyl (C=O) groups excluding carboxylic acids is 1. The van der Waals surface area contributed by atoms with Crippen LogP contribution in [0.3, 0.4) is 0 Å². The van der Waals surface area contributed by atoms with Crippen molar-refractivity contribution in [1.29, 1.82) is 0 Å². The van der Waals surface area contributed by atoms with Crippen LogP contribution in [0.5, 0.6) is 0 Å². The molecule has 12 heteroatoms. The number of amides is 1. The van der Waals surface area contributed by atoms with Crippen LogP contribution < -0.4 is 16.0 Å². The number of thioether (sulfide) groups is 1. The van der Waals surface area contributed by atoms with Gasteiger partial charge in [-0.25, -0.2) is 15.0 Å². The molecule has 0 unspecified atom stereocenters. The molecule has 168 valence electrons. The molecule has 3 heterocycles. The molecule has 0 fully saturated rings. The van der Waals surface area contributed by atoms with Crippen molar-refractivity contribution >= 4 is 34.8 Å². The lowest BCUT2D eigenvalue weighted by Gasteiger charge is -2.19. The minimum atomic E-state index is -0.0417. The van der Waals surface area contributed by atoms with Gasteiger partial charge in [-0.15, -0.1) is 0 Å². The zero-order chi connectivity index (χ0) is 22.2. The van der Waals surface area contributed by atoms with Gasteiger partial charge in [-0.2, -0.15) is 10.1 Å². The molecule has 0 bridgehead atoms. The first-order valence-corrected chi connectivity index (χ1v) is 11.5. The molecule has 0 radical (unpaired) electrons. The molecule has 11 nitrogen and oxygen atoms in total. The first kappa shape index (κ1) is 22.9. The van der Waals surface area contributed by atoms with E-state index in [9.17, 15) is 4.79 Å². The predicted octanol–water partition coefficient (Wildman–Crippen LogP) is 0.830. The number of carbonyl (C=O) groups is 1. The number of aromatic nitrogens is 7. The Bertz CT molecular complexity index is 983. The topological polar surface area (TPSA) is 133 Å². The Morgan fingerprint density at radius 3 is 2.71 bits per heavy atom. The minimum absolute atomic E-state index is 0.0417. The van der Waals surface area contributed by atoms with Crippen molar-refractivity contribution in [2.24, 2.45) is 5.73 Å². The summed E-state index contributed by atoms with van der Waals surface area (Å²) in [5, 5.41) is 7.79. The van der Waals surface area contributed by atoms with E-state index in [0.717, 1.165) is 41.5 Å². The number of aryl methyl sites for hydroxylation is 3. The molecule has 3 aromatic rings. The van der Waals surface area contributed by atoms with Gasteiger partial charge in [-0.1, -0.05) is 11.8 Å². The van der Waals surface area contributed by atoms with Gasteiger partial charge in [0, 0.05) is 26.2 Å². The molecule has 0 aromatic carbocycles. The fourth-order valence-electron chi connectivity index (χ4n) is 3.12. The van der Waals surface area contributed by atoms with Gasteiger partial charge in [-0.05, 0) is 33.7 Å². The van der Waals surface area contributed by atoms with Crippen LogP contribution in [0, 0.1) is 6.92 Å². The highest BCUT2D eigenvalue weighted by molar-refractivity contribution is 7.99. The van der Waals surface area contributed by atoms with Gasteiger partial charge in [0.25, 0.3) is 0 Å². The zero-order valence-electron chi connectivity index (χ0n) is 18.3. The quantitative estimate of drug-likeness (QED) is 0.306.